The molecule has 1 N–H and O–H groups in total. The molecular weight excluding hydrogens is 322 g/mol. The molecule has 0 fully saturated rings. The fourth-order valence-electron chi connectivity index (χ4n) is 1.99. The van der Waals surface area contributed by atoms with Gasteiger partial charge in [-0.05, 0) is 42.0 Å². The summed E-state index contributed by atoms with van der Waals surface area (Å²) in [5.41, 5.74) is 0.764. The summed E-state index contributed by atoms with van der Waals surface area (Å²) in [6, 6.07) is 7.42. The summed E-state index contributed by atoms with van der Waals surface area (Å²) >= 11 is 7.27. The predicted octanol–water partition coefficient (Wildman–Crippen LogP) is 2.71. The van der Waals surface area contributed by atoms with Gasteiger partial charge in [0, 0.05) is 11.1 Å². The average molecular weight is 340 g/mol. The molecule has 1 aromatic carbocycles. The number of tetrazole rings is 1. The van der Waals surface area contributed by atoms with Crippen molar-refractivity contribution in [3.8, 4) is 5.69 Å². The lowest BCUT2D eigenvalue weighted by atomic mass is 10.2. The van der Waals surface area contributed by atoms with Crippen molar-refractivity contribution in [2.75, 3.05) is 5.75 Å². The zero-order valence-electron chi connectivity index (χ0n) is 12.5. The smallest absolute Gasteiger partial charge is 0.230 e. The Hall–Kier alpha value is -1.60. The first-order valence-corrected chi connectivity index (χ1v) is 8.43. The predicted molar refractivity (Wildman–Crippen MR) is 87.4 cm³/mol. The van der Waals surface area contributed by atoms with Crippen molar-refractivity contribution in [3.63, 3.8) is 0 Å². The lowest BCUT2D eigenvalue weighted by molar-refractivity contribution is -0.119. The minimum atomic E-state index is -0.0217. The first-order valence-electron chi connectivity index (χ1n) is 7.06. The second-order valence-corrected chi connectivity index (χ2v) is 6.28. The minimum absolute atomic E-state index is 0.0217. The number of benzene rings is 1. The average Bonchev–Trinajstić information content (AvgIpc) is 2.93. The van der Waals surface area contributed by atoms with E-state index < -0.39 is 0 Å². The zero-order valence-corrected chi connectivity index (χ0v) is 14.1. The normalized spacial score (nSPS) is 12.1. The van der Waals surface area contributed by atoms with Crippen molar-refractivity contribution in [1.82, 2.24) is 25.5 Å². The van der Waals surface area contributed by atoms with Gasteiger partial charge in [0.15, 0.2) is 0 Å². The summed E-state index contributed by atoms with van der Waals surface area (Å²) in [4.78, 5) is 11.9. The summed E-state index contributed by atoms with van der Waals surface area (Å²) in [5.74, 6) is 0.251. The van der Waals surface area contributed by atoms with Gasteiger partial charge in [0.1, 0.15) is 0 Å². The van der Waals surface area contributed by atoms with Gasteiger partial charge in [0.05, 0.1) is 11.4 Å². The van der Waals surface area contributed by atoms with E-state index in [0.29, 0.717) is 10.2 Å². The highest BCUT2D eigenvalue weighted by atomic mass is 35.5. The van der Waals surface area contributed by atoms with Gasteiger partial charge in [-0.25, -0.2) is 0 Å². The molecule has 0 bridgehead atoms. The highest BCUT2D eigenvalue weighted by Crippen LogP contribution is 2.20. The third kappa shape index (κ3) is 4.71. The summed E-state index contributed by atoms with van der Waals surface area (Å²) in [6.45, 7) is 4.10. The number of hydrogen-bond acceptors (Lipinski definition) is 5. The summed E-state index contributed by atoms with van der Waals surface area (Å²) in [7, 11) is 0. The highest BCUT2D eigenvalue weighted by molar-refractivity contribution is 7.99. The Morgan fingerprint density at radius 2 is 2.32 bits per heavy atom. The van der Waals surface area contributed by atoms with Crippen LogP contribution < -0.4 is 5.32 Å². The van der Waals surface area contributed by atoms with Crippen LogP contribution in [0, 0.1) is 0 Å². The molecule has 6 nitrogen and oxygen atoms in total. The molecule has 118 valence electrons. The Labute approximate surface area is 138 Å². The lowest BCUT2D eigenvalue weighted by Crippen LogP contribution is -2.33. The number of nitrogens with one attached hydrogen (secondary N) is 1. The van der Waals surface area contributed by atoms with Crippen LogP contribution >= 0.6 is 23.4 Å². The van der Waals surface area contributed by atoms with E-state index in [-0.39, 0.29) is 17.7 Å². The van der Waals surface area contributed by atoms with Gasteiger partial charge < -0.3 is 5.32 Å². The quantitative estimate of drug-likeness (QED) is 0.785. The molecule has 0 aliphatic heterocycles. The minimum Gasteiger partial charge on any atom is -0.353 e. The number of hydrogen-bond donors (Lipinski definition) is 1. The van der Waals surface area contributed by atoms with Crippen LogP contribution in [0.2, 0.25) is 5.02 Å². The van der Waals surface area contributed by atoms with E-state index in [1.54, 1.807) is 16.8 Å². The number of nitrogens with zero attached hydrogens (tertiary/aromatic N) is 4. The first-order chi connectivity index (χ1) is 10.6. The van der Waals surface area contributed by atoms with Crippen LogP contribution in [-0.4, -0.2) is 37.9 Å². The molecule has 0 aliphatic carbocycles. The molecule has 0 saturated heterocycles. The Kier molecular flexibility index (Phi) is 6.21. The summed E-state index contributed by atoms with van der Waals surface area (Å²) in [6.07, 6.45) is 2.01. The molecular formula is C14H18ClN5OS. The van der Waals surface area contributed by atoms with Crippen molar-refractivity contribution in [3.05, 3.63) is 29.3 Å². The van der Waals surface area contributed by atoms with Gasteiger partial charge in [0.25, 0.3) is 0 Å². The Bertz CT molecular complexity index is 633. The van der Waals surface area contributed by atoms with E-state index in [2.05, 4.69) is 27.8 Å². The SMILES string of the molecule is CCCC(C)NC(=O)CSc1nnnn1-c1cccc(Cl)c1. The van der Waals surface area contributed by atoms with Crippen molar-refractivity contribution < 1.29 is 4.79 Å². The number of halogens is 1. The van der Waals surface area contributed by atoms with Crippen LogP contribution in [-0.2, 0) is 4.79 Å². The van der Waals surface area contributed by atoms with Crippen molar-refractivity contribution in [2.45, 2.75) is 37.9 Å². The number of carbonyl (C=O) groups excluding carboxylic acids is 1. The van der Waals surface area contributed by atoms with Crippen molar-refractivity contribution in [2.24, 2.45) is 0 Å². The molecule has 0 radical (unpaired) electrons. The van der Waals surface area contributed by atoms with Crippen LogP contribution in [0.5, 0.6) is 0 Å². The maximum Gasteiger partial charge on any atom is 0.230 e. The molecule has 8 heteroatoms. The fraction of sp³-hybridized carbons (Fsp3) is 0.429. The molecule has 1 heterocycles. The van der Waals surface area contributed by atoms with Gasteiger partial charge in [-0.2, -0.15) is 4.68 Å². The third-order valence-electron chi connectivity index (χ3n) is 2.96. The van der Waals surface area contributed by atoms with E-state index >= 15 is 0 Å². The second-order valence-electron chi connectivity index (χ2n) is 4.90. The molecule has 2 rings (SSSR count). The summed E-state index contributed by atoms with van der Waals surface area (Å²) < 4.78 is 1.57. The fourth-order valence-corrected chi connectivity index (χ4v) is 2.88. The van der Waals surface area contributed by atoms with E-state index in [0.717, 1.165) is 18.5 Å². The topological polar surface area (TPSA) is 72.7 Å². The largest absolute Gasteiger partial charge is 0.353 e. The maximum atomic E-state index is 11.9. The van der Waals surface area contributed by atoms with Gasteiger partial charge in [0.2, 0.25) is 11.1 Å². The van der Waals surface area contributed by atoms with Crippen molar-refractivity contribution >= 4 is 29.3 Å². The van der Waals surface area contributed by atoms with Crippen LogP contribution in [0.1, 0.15) is 26.7 Å². The monoisotopic (exact) mass is 339 g/mol. The molecule has 1 unspecified atom stereocenters. The maximum absolute atomic E-state index is 11.9. The zero-order chi connectivity index (χ0) is 15.9. The van der Waals surface area contributed by atoms with E-state index in [1.807, 2.05) is 19.1 Å². The third-order valence-corrected chi connectivity index (χ3v) is 4.11. The molecule has 0 aliphatic rings. The van der Waals surface area contributed by atoms with Crippen LogP contribution in [0.4, 0.5) is 0 Å². The van der Waals surface area contributed by atoms with Crippen LogP contribution in [0.15, 0.2) is 29.4 Å². The Balaban J connectivity index is 1.97. The van der Waals surface area contributed by atoms with Gasteiger partial charge in [-0.1, -0.05) is 42.8 Å². The molecule has 2 aromatic rings. The number of amides is 1. The molecule has 1 amide bonds. The molecule has 1 atom stereocenters. The van der Waals surface area contributed by atoms with Crippen LogP contribution in [0.3, 0.4) is 0 Å². The Morgan fingerprint density at radius 1 is 1.50 bits per heavy atom. The first kappa shape index (κ1) is 16.8. The van der Waals surface area contributed by atoms with Crippen LogP contribution in [0.25, 0.3) is 5.69 Å². The van der Waals surface area contributed by atoms with Gasteiger partial charge >= 0.3 is 0 Å². The van der Waals surface area contributed by atoms with E-state index in [1.165, 1.54) is 11.8 Å². The molecule has 0 spiro atoms. The van der Waals surface area contributed by atoms with Gasteiger partial charge in [-0.15, -0.1) is 5.10 Å². The van der Waals surface area contributed by atoms with E-state index in [4.69, 9.17) is 11.6 Å². The second kappa shape index (κ2) is 8.14. The number of aromatic nitrogens is 4. The van der Waals surface area contributed by atoms with Crippen molar-refractivity contribution in [1.29, 1.82) is 0 Å². The van der Waals surface area contributed by atoms with E-state index in [9.17, 15) is 4.79 Å². The molecule has 1 aromatic heterocycles. The summed E-state index contributed by atoms with van der Waals surface area (Å²) in [5, 5.41) is 15.7. The molecule has 0 saturated carbocycles. The number of rotatable bonds is 7. The number of carbonyl (C=O) groups is 1. The standard InChI is InChI=1S/C14H18ClN5OS/c1-3-5-10(2)16-13(21)9-22-14-17-18-19-20(14)12-7-4-6-11(15)8-12/h4,6-8,10H,3,5,9H2,1-2H3,(H,16,21). The highest BCUT2D eigenvalue weighted by Gasteiger charge is 2.13. The lowest BCUT2D eigenvalue weighted by Gasteiger charge is -2.12. The molecule has 22 heavy (non-hydrogen) atoms. The Morgan fingerprint density at radius 3 is 3.05 bits per heavy atom. The van der Waals surface area contributed by atoms with Gasteiger partial charge in [-0.3, -0.25) is 4.79 Å². The number of thioether (sulfide) groups is 1.